The van der Waals surface area contributed by atoms with Crippen LogP contribution in [0.3, 0.4) is 0 Å². The summed E-state index contributed by atoms with van der Waals surface area (Å²) in [7, 11) is 3.58. The first-order valence-corrected chi connectivity index (χ1v) is 7.59. The van der Waals surface area contributed by atoms with E-state index in [-0.39, 0.29) is 18.8 Å². The Morgan fingerprint density at radius 1 is 1.32 bits per heavy atom. The molecule has 4 nitrogen and oxygen atoms in total. The van der Waals surface area contributed by atoms with Crippen LogP contribution in [0.2, 0.25) is 10.0 Å². The van der Waals surface area contributed by atoms with Crippen molar-refractivity contribution in [3.05, 3.63) is 46.1 Å². The second-order valence-electron chi connectivity index (χ2n) is 4.93. The Bertz CT molecular complexity index is 571. The summed E-state index contributed by atoms with van der Waals surface area (Å²) in [5, 5.41) is 0.923. The van der Waals surface area contributed by atoms with Gasteiger partial charge in [-0.3, -0.25) is 9.59 Å². The fraction of sp³-hybridized carbons (Fsp3) is 0.375. The monoisotopic (exact) mass is 343 g/mol. The summed E-state index contributed by atoms with van der Waals surface area (Å²) < 4.78 is 4.99. The lowest BCUT2D eigenvalue weighted by atomic mass is 9.95. The highest BCUT2D eigenvalue weighted by Gasteiger charge is 2.27. The van der Waals surface area contributed by atoms with Crippen molar-refractivity contribution in [3.63, 3.8) is 0 Å². The minimum atomic E-state index is -0.921. The van der Waals surface area contributed by atoms with Crippen molar-refractivity contribution in [1.82, 2.24) is 4.90 Å². The van der Waals surface area contributed by atoms with Gasteiger partial charge < -0.3 is 9.64 Å². The number of halogens is 2. The second-order valence-corrected chi connectivity index (χ2v) is 5.77. The third-order valence-electron chi connectivity index (χ3n) is 2.89. The van der Waals surface area contributed by atoms with E-state index >= 15 is 0 Å². The molecule has 0 N–H and O–H groups in total. The maximum Gasteiger partial charge on any atom is 0.317 e. The van der Waals surface area contributed by atoms with E-state index in [1.807, 2.05) is 0 Å². The van der Waals surface area contributed by atoms with Crippen LogP contribution in [0.5, 0.6) is 0 Å². The van der Waals surface area contributed by atoms with Gasteiger partial charge in [-0.1, -0.05) is 29.3 Å². The largest absolute Gasteiger partial charge is 0.465 e. The highest BCUT2D eigenvalue weighted by Crippen LogP contribution is 2.24. The molecule has 0 bridgehead atoms. The highest BCUT2D eigenvalue weighted by molar-refractivity contribution is 6.35. The van der Waals surface area contributed by atoms with Crippen LogP contribution in [-0.2, 0) is 20.7 Å². The first-order valence-electron chi connectivity index (χ1n) is 6.84. The summed E-state index contributed by atoms with van der Waals surface area (Å²) in [6.07, 6.45) is 3.13. The fourth-order valence-corrected chi connectivity index (χ4v) is 2.27. The summed E-state index contributed by atoms with van der Waals surface area (Å²) in [5.41, 5.74) is 0.677. The second kappa shape index (κ2) is 8.81. The molecule has 0 aliphatic heterocycles. The van der Waals surface area contributed by atoms with Gasteiger partial charge in [-0.25, -0.2) is 0 Å². The molecule has 1 aromatic rings. The molecule has 0 fully saturated rings. The quantitative estimate of drug-likeness (QED) is 0.432. The first kappa shape index (κ1) is 18.5. The maximum atomic E-state index is 12.3. The lowest BCUT2D eigenvalue weighted by molar-refractivity contribution is -0.150. The van der Waals surface area contributed by atoms with Gasteiger partial charge in [0.1, 0.15) is 5.92 Å². The Morgan fingerprint density at radius 2 is 2.00 bits per heavy atom. The molecule has 0 spiro atoms. The van der Waals surface area contributed by atoms with Crippen LogP contribution in [-0.4, -0.2) is 37.4 Å². The van der Waals surface area contributed by atoms with Crippen LogP contribution in [0, 0.1) is 5.92 Å². The van der Waals surface area contributed by atoms with Crippen molar-refractivity contribution in [2.45, 2.75) is 13.3 Å². The van der Waals surface area contributed by atoms with E-state index in [2.05, 4.69) is 0 Å². The average Bonchev–Trinajstić information content (AvgIpc) is 2.44. The normalized spacial score (nSPS) is 12.2. The lowest BCUT2D eigenvalue weighted by Crippen LogP contribution is -2.27. The number of hydrogen-bond acceptors (Lipinski definition) is 4. The summed E-state index contributed by atoms with van der Waals surface area (Å²) in [5.74, 6) is -1.80. The molecule has 120 valence electrons. The zero-order chi connectivity index (χ0) is 16.7. The molecule has 0 saturated heterocycles. The molecule has 0 amide bonds. The zero-order valence-electron chi connectivity index (χ0n) is 12.8. The van der Waals surface area contributed by atoms with Gasteiger partial charge in [-0.15, -0.1) is 0 Å². The van der Waals surface area contributed by atoms with Crippen LogP contribution in [0.1, 0.15) is 12.5 Å². The number of rotatable bonds is 7. The summed E-state index contributed by atoms with van der Waals surface area (Å²) >= 11 is 12.0. The Kier molecular flexibility index (Phi) is 7.42. The topological polar surface area (TPSA) is 46.6 Å². The highest BCUT2D eigenvalue weighted by atomic mass is 35.5. The van der Waals surface area contributed by atoms with Gasteiger partial charge >= 0.3 is 5.97 Å². The SMILES string of the molecule is CCOC(=O)C(Cc1ccc(Cl)cc1Cl)C(=O)/C=C\N(C)C. The number of carbonyl (C=O) groups is 2. The molecule has 1 unspecified atom stereocenters. The molecular formula is C16H19Cl2NO3. The van der Waals surface area contributed by atoms with Gasteiger partial charge in [0.15, 0.2) is 5.78 Å². The van der Waals surface area contributed by atoms with Crippen molar-refractivity contribution in [2.24, 2.45) is 5.92 Å². The molecule has 1 rings (SSSR count). The maximum absolute atomic E-state index is 12.3. The van der Waals surface area contributed by atoms with E-state index in [9.17, 15) is 9.59 Å². The number of hydrogen-bond donors (Lipinski definition) is 0. The van der Waals surface area contributed by atoms with Gasteiger partial charge in [-0.2, -0.15) is 0 Å². The Labute approximate surface area is 140 Å². The smallest absolute Gasteiger partial charge is 0.317 e. The lowest BCUT2D eigenvalue weighted by Gasteiger charge is -2.14. The summed E-state index contributed by atoms with van der Waals surface area (Å²) in [6.45, 7) is 1.92. The van der Waals surface area contributed by atoms with Crippen molar-refractivity contribution in [2.75, 3.05) is 20.7 Å². The minimum Gasteiger partial charge on any atom is -0.465 e. The van der Waals surface area contributed by atoms with E-state index in [0.717, 1.165) is 0 Å². The average molecular weight is 344 g/mol. The summed E-state index contributed by atoms with van der Waals surface area (Å²) in [6, 6.07) is 4.96. The van der Waals surface area contributed by atoms with E-state index < -0.39 is 11.9 Å². The van der Waals surface area contributed by atoms with Crippen molar-refractivity contribution < 1.29 is 14.3 Å². The molecule has 22 heavy (non-hydrogen) atoms. The molecule has 0 saturated carbocycles. The molecule has 0 heterocycles. The predicted molar refractivity (Wildman–Crippen MR) is 88.1 cm³/mol. The summed E-state index contributed by atoms with van der Waals surface area (Å²) in [4.78, 5) is 26.0. The number of ether oxygens (including phenoxy) is 1. The predicted octanol–water partition coefficient (Wildman–Crippen LogP) is 3.36. The van der Waals surface area contributed by atoms with Crippen LogP contribution >= 0.6 is 23.2 Å². The van der Waals surface area contributed by atoms with Gasteiger partial charge in [0, 0.05) is 30.3 Å². The molecule has 1 atom stereocenters. The number of nitrogens with zero attached hydrogens (tertiary/aromatic N) is 1. The van der Waals surface area contributed by atoms with Crippen LogP contribution in [0.25, 0.3) is 0 Å². The van der Waals surface area contributed by atoms with Gasteiger partial charge in [0.25, 0.3) is 0 Å². The minimum absolute atomic E-state index is 0.172. The Morgan fingerprint density at radius 3 is 2.55 bits per heavy atom. The van der Waals surface area contributed by atoms with Gasteiger partial charge in [-0.05, 0) is 37.1 Å². The van der Waals surface area contributed by atoms with Gasteiger partial charge in [0.05, 0.1) is 6.61 Å². The number of allylic oxidation sites excluding steroid dienone is 1. The third-order valence-corrected chi connectivity index (χ3v) is 3.48. The molecule has 0 aromatic heterocycles. The van der Waals surface area contributed by atoms with E-state index in [0.29, 0.717) is 15.6 Å². The Balaban J connectivity index is 2.99. The van der Waals surface area contributed by atoms with E-state index in [1.54, 1.807) is 50.3 Å². The first-order chi connectivity index (χ1) is 10.3. The number of carbonyl (C=O) groups excluding carboxylic acids is 2. The molecule has 0 radical (unpaired) electrons. The number of ketones is 1. The van der Waals surface area contributed by atoms with Crippen LogP contribution in [0.4, 0.5) is 0 Å². The fourth-order valence-electron chi connectivity index (χ4n) is 1.79. The number of benzene rings is 1. The zero-order valence-corrected chi connectivity index (χ0v) is 14.3. The molecule has 6 heteroatoms. The van der Waals surface area contributed by atoms with E-state index in [4.69, 9.17) is 27.9 Å². The third kappa shape index (κ3) is 5.70. The van der Waals surface area contributed by atoms with Crippen molar-refractivity contribution >= 4 is 35.0 Å². The van der Waals surface area contributed by atoms with Gasteiger partial charge in [0.2, 0.25) is 0 Å². The van der Waals surface area contributed by atoms with Crippen molar-refractivity contribution in [1.29, 1.82) is 0 Å². The van der Waals surface area contributed by atoms with Crippen molar-refractivity contribution in [3.8, 4) is 0 Å². The molecular weight excluding hydrogens is 325 g/mol. The molecule has 0 aliphatic carbocycles. The van der Waals surface area contributed by atoms with Crippen LogP contribution in [0.15, 0.2) is 30.5 Å². The standard InChI is InChI=1S/C16H19Cl2NO3/c1-4-22-16(21)13(15(20)7-8-19(2)3)9-11-5-6-12(17)10-14(11)18/h5-8,10,13H,4,9H2,1-3H3/b8-7-. The molecule has 0 aliphatic rings. The van der Waals surface area contributed by atoms with Crippen LogP contribution < -0.4 is 0 Å². The number of esters is 1. The van der Waals surface area contributed by atoms with E-state index in [1.165, 1.54) is 6.08 Å². The molecule has 1 aromatic carbocycles. The Hall–Kier alpha value is -1.52.